The second-order valence-corrected chi connectivity index (χ2v) is 8.88. The van der Waals surface area contributed by atoms with E-state index in [1.807, 2.05) is 48.6 Å². The summed E-state index contributed by atoms with van der Waals surface area (Å²) in [6.07, 6.45) is 0. The SMILES string of the molecule is CC(C)C(NC(=O)c1ccccc1)c1nnc(SCC(=O)N2CCN(C)CC2)n1C. The monoisotopic (exact) mass is 430 g/mol. The lowest BCUT2D eigenvalue weighted by Gasteiger charge is -2.32. The summed E-state index contributed by atoms with van der Waals surface area (Å²) in [5.41, 5.74) is 0.609. The highest BCUT2D eigenvalue weighted by molar-refractivity contribution is 7.99. The predicted molar refractivity (Wildman–Crippen MR) is 117 cm³/mol. The average molecular weight is 431 g/mol. The minimum atomic E-state index is -0.280. The Kier molecular flexibility index (Phi) is 7.49. The number of carbonyl (C=O) groups excluding carboxylic acids is 2. The van der Waals surface area contributed by atoms with Crippen molar-refractivity contribution in [3.05, 3.63) is 41.7 Å². The quantitative estimate of drug-likeness (QED) is 0.675. The van der Waals surface area contributed by atoms with E-state index in [2.05, 4.69) is 27.5 Å². The molecule has 2 aromatic rings. The fourth-order valence-corrected chi connectivity index (χ4v) is 4.16. The Hall–Kier alpha value is -2.39. The maximum absolute atomic E-state index is 12.6. The molecule has 0 spiro atoms. The van der Waals surface area contributed by atoms with Gasteiger partial charge in [-0.1, -0.05) is 43.8 Å². The molecule has 1 atom stereocenters. The van der Waals surface area contributed by atoms with Crippen LogP contribution in [0.3, 0.4) is 0 Å². The third-order valence-electron chi connectivity index (χ3n) is 5.32. The minimum Gasteiger partial charge on any atom is -0.342 e. The van der Waals surface area contributed by atoms with Crippen molar-refractivity contribution in [2.45, 2.75) is 25.0 Å². The standard InChI is InChI=1S/C21H30N6O2S/c1-15(2)18(22-20(29)16-8-6-5-7-9-16)19-23-24-21(26(19)4)30-14-17(28)27-12-10-25(3)11-13-27/h5-9,15,18H,10-14H2,1-4H3,(H,22,29). The van der Waals surface area contributed by atoms with Crippen molar-refractivity contribution in [3.63, 3.8) is 0 Å². The highest BCUT2D eigenvalue weighted by Crippen LogP contribution is 2.24. The molecule has 30 heavy (non-hydrogen) atoms. The van der Waals surface area contributed by atoms with Gasteiger partial charge in [-0.3, -0.25) is 9.59 Å². The van der Waals surface area contributed by atoms with Crippen LogP contribution in [0.15, 0.2) is 35.5 Å². The first kappa shape index (κ1) is 22.3. The summed E-state index contributed by atoms with van der Waals surface area (Å²) in [4.78, 5) is 29.3. The van der Waals surface area contributed by atoms with Crippen molar-refractivity contribution in [2.24, 2.45) is 13.0 Å². The molecule has 1 aliphatic heterocycles. The van der Waals surface area contributed by atoms with Gasteiger partial charge in [0.15, 0.2) is 11.0 Å². The first-order valence-corrected chi connectivity index (χ1v) is 11.2. The summed E-state index contributed by atoms with van der Waals surface area (Å²) in [7, 11) is 3.95. The van der Waals surface area contributed by atoms with E-state index in [-0.39, 0.29) is 23.8 Å². The molecule has 162 valence electrons. The van der Waals surface area contributed by atoms with Gasteiger partial charge in [0.05, 0.1) is 11.8 Å². The summed E-state index contributed by atoms with van der Waals surface area (Å²) in [5.74, 6) is 1.12. The molecule has 1 aliphatic rings. The van der Waals surface area contributed by atoms with E-state index < -0.39 is 0 Å². The van der Waals surface area contributed by atoms with Crippen molar-refractivity contribution in [1.82, 2.24) is 29.9 Å². The molecule has 1 aromatic carbocycles. The van der Waals surface area contributed by atoms with E-state index in [1.165, 1.54) is 11.8 Å². The molecule has 3 rings (SSSR count). The second-order valence-electron chi connectivity index (χ2n) is 7.93. The lowest BCUT2D eigenvalue weighted by molar-refractivity contribution is -0.129. The number of amides is 2. The van der Waals surface area contributed by atoms with Crippen LogP contribution < -0.4 is 5.32 Å². The van der Waals surface area contributed by atoms with Crippen LogP contribution in [0.1, 0.15) is 36.1 Å². The Balaban J connectivity index is 1.64. The summed E-state index contributed by atoms with van der Waals surface area (Å²) >= 11 is 1.39. The van der Waals surface area contributed by atoms with E-state index in [1.54, 1.807) is 12.1 Å². The van der Waals surface area contributed by atoms with Crippen LogP contribution in [0.25, 0.3) is 0 Å². The van der Waals surface area contributed by atoms with Gasteiger partial charge in [-0.05, 0) is 25.1 Å². The fraction of sp³-hybridized carbons (Fsp3) is 0.524. The lowest BCUT2D eigenvalue weighted by atomic mass is 10.0. The van der Waals surface area contributed by atoms with Gasteiger partial charge in [-0.15, -0.1) is 10.2 Å². The molecule has 0 bridgehead atoms. The van der Waals surface area contributed by atoms with Crippen LogP contribution >= 0.6 is 11.8 Å². The number of benzene rings is 1. The number of carbonyl (C=O) groups is 2. The predicted octanol–water partition coefficient (Wildman–Crippen LogP) is 1.81. The number of thioether (sulfide) groups is 1. The molecule has 8 nitrogen and oxygen atoms in total. The van der Waals surface area contributed by atoms with Gasteiger partial charge in [-0.25, -0.2) is 0 Å². The first-order valence-electron chi connectivity index (χ1n) is 10.2. The third-order valence-corrected chi connectivity index (χ3v) is 6.32. The van der Waals surface area contributed by atoms with Crippen LogP contribution in [0.2, 0.25) is 0 Å². The zero-order chi connectivity index (χ0) is 21.7. The molecule has 1 unspecified atom stereocenters. The number of nitrogens with one attached hydrogen (secondary N) is 1. The molecule has 0 radical (unpaired) electrons. The van der Waals surface area contributed by atoms with Crippen molar-refractivity contribution < 1.29 is 9.59 Å². The molecule has 2 amide bonds. The Bertz CT molecular complexity index is 862. The van der Waals surface area contributed by atoms with Gasteiger partial charge in [-0.2, -0.15) is 0 Å². The molecular formula is C21H30N6O2S. The number of piperazine rings is 1. The van der Waals surface area contributed by atoms with Crippen LogP contribution in [-0.2, 0) is 11.8 Å². The van der Waals surface area contributed by atoms with Gasteiger partial charge in [0.1, 0.15) is 0 Å². The zero-order valence-electron chi connectivity index (χ0n) is 18.0. The normalized spacial score (nSPS) is 16.0. The number of likely N-dealkylation sites (N-methyl/N-ethyl adjacent to an activating group) is 1. The summed E-state index contributed by atoms with van der Waals surface area (Å²) in [5, 5.41) is 12.3. The molecule has 1 N–H and O–H groups in total. The van der Waals surface area contributed by atoms with Crippen LogP contribution in [0.5, 0.6) is 0 Å². The molecule has 9 heteroatoms. The van der Waals surface area contributed by atoms with Gasteiger partial charge in [0.2, 0.25) is 5.91 Å². The summed E-state index contributed by atoms with van der Waals surface area (Å²) < 4.78 is 1.87. The topological polar surface area (TPSA) is 83.4 Å². The maximum atomic E-state index is 12.6. The molecule has 0 saturated carbocycles. The van der Waals surface area contributed by atoms with Gasteiger partial charge in [0.25, 0.3) is 5.91 Å². The van der Waals surface area contributed by atoms with E-state index in [0.717, 1.165) is 26.2 Å². The van der Waals surface area contributed by atoms with E-state index in [0.29, 0.717) is 22.3 Å². The number of hydrogen-bond donors (Lipinski definition) is 1. The van der Waals surface area contributed by atoms with E-state index in [4.69, 9.17) is 0 Å². The maximum Gasteiger partial charge on any atom is 0.251 e. The first-order chi connectivity index (χ1) is 14.4. The van der Waals surface area contributed by atoms with Crippen molar-refractivity contribution in [2.75, 3.05) is 39.0 Å². The van der Waals surface area contributed by atoms with Crippen molar-refractivity contribution in [1.29, 1.82) is 0 Å². The summed E-state index contributed by atoms with van der Waals surface area (Å²) in [6.45, 7) is 7.41. The van der Waals surface area contributed by atoms with Gasteiger partial charge in [0, 0.05) is 38.8 Å². The number of hydrogen-bond acceptors (Lipinski definition) is 6. The molecule has 1 saturated heterocycles. The van der Waals surface area contributed by atoms with Crippen molar-refractivity contribution >= 4 is 23.6 Å². The molecule has 2 heterocycles. The Morgan fingerprint density at radius 2 is 1.73 bits per heavy atom. The number of nitrogens with zero attached hydrogens (tertiary/aromatic N) is 5. The summed E-state index contributed by atoms with van der Waals surface area (Å²) in [6, 6.07) is 8.86. The number of aromatic nitrogens is 3. The molecular weight excluding hydrogens is 400 g/mol. The van der Waals surface area contributed by atoms with Gasteiger partial charge >= 0.3 is 0 Å². The average Bonchev–Trinajstić information content (AvgIpc) is 3.11. The van der Waals surface area contributed by atoms with Gasteiger partial charge < -0.3 is 19.7 Å². The zero-order valence-corrected chi connectivity index (χ0v) is 18.9. The third kappa shape index (κ3) is 5.40. The number of rotatable bonds is 7. The molecule has 1 fully saturated rings. The van der Waals surface area contributed by atoms with Crippen LogP contribution in [0, 0.1) is 5.92 Å². The molecule has 1 aromatic heterocycles. The van der Waals surface area contributed by atoms with Crippen molar-refractivity contribution in [3.8, 4) is 0 Å². The molecule has 0 aliphatic carbocycles. The fourth-order valence-electron chi connectivity index (χ4n) is 3.34. The Morgan fingerprint density at radius 1 is 1.07 bits per heavy atom. The Labute approximate surface area is 182 Å². The largest absolute Gasteiger partial charge is 0.342 e. The minimum absolute atomic E-state index is 0.121. The smallest absolute Gasteiger partial charge is 0.251 e. The lowest BCUT2D eigenvalue weighted by Crippen LogP contribution is -2.47. The van der Waals surface area contributed by atoms with Crippen LogP contribution in [0.4, 0.5) is 0 Å². The van der Waals surface area contributed by atoms with Crippen LogP contribution in [-0.4, -0.2) is 75.4 Å². The highest BCUT2D eigenvalue weighted by atomic mass is 32.2. The second kappa shape index (κ2) is 10.1. The Morgan fingerprint density at radius 3 is 2.37 bits per heavy atom. The van der Waals surface area contributed by atoms with E-state index in [9.17, 15) is 9.59 Å². The highest BCUT2D eigenvalue weighted by Gasteiger charge is 2.26. The van der Waals surface area contributed by atoms with E-state index >= 15 is 0 Å².